The molecule has 0 aliphatic heterocycles. The van der Waals surface area contributed by atoms with E-state index >= 15 is 0 Å². The molecule has 0 heterocycles. The van der Waals surface area contributed by atoms with Crippen LogP contribution in [0.4, 0.5) is 4.79 Å². The molecule has 4 heteroatoms. The van der Waals surface area contributed by atoms with Gasteiger partial charge in [0.15, 0.2) is 0 Å². The molecule has 2 N–H and O–H groups in total. The van der Waals surface area contributed by atoms with Gasteiger partial charge in [-0.25, -0.2) is 4.79 Å². The third kappa shape index (κ3) is 3.70. The van der Waals surface area contributed by atoms with Gasteiger partial charge in [0, 0.05) is 12.1 Å². The maximum atomic E-state index is 11.5. The molecule has 0 radical (unpaired) electrons. The standard InChI is InChI=1S/C11H21NO3/c1-10(2,3)15-9(14)12-11(7-8-13)5-4-6-11/h13H,4-8H2,1-3H3,(H,12,14). The van der Waals surface area contributed by atoms with Gasteiger partial charge >= 0.3 is 6.09 Å². The average Bonchev–Trinajstić information content (AvgIpc) is 1.96. The average molecular weight is 215 g/mol. The third-order valence-corrected chi connectivity index (χ3v) is 2.67. The number of ether oxygens (including phenoxy) is 1. The molecule has 0 atom stereocenters. The lowest BCUT2D eigenvalue weighted by Gasteiger charge is -2.42. The van der Waals surface area contributed by atoms with Crippen molar-refractivity contribution in [2.45, 2.75) is 57.6 Å². The number of hydrogen-bond acceptors (Lipinski definition) is 3. The normalized spacial score (nSPS) is 19.2. The van der Waals surface area contributed by atoms with Gasteiger partial charge in [-0.3, -0.25) is 0 Å². The summed E-state index contributed by atoms with van der Waals surface area (Å²) in [5, 5.41) is 11.8. The minimum Gasteiger partial charge on any atom is -0.444 e. The molecule has 0 aromatic heterocycles. The van der Waals surface area contributed by atoms with E-state index in [1.165, 1.54) is 0 Å². The van der Waals surface area contributed by atoms with Gasteiger partial charge in [-0.2, -0.15) is 0 Å². The second-order valence-electron chi connectivity index (χ2n) is 5.23. The Morgan fingerprint density at radius 1 is 1.47 bits per heavy atom. The van der Waals surface area contributed by atoms with Crippen LogP contribution in [0, 0.1) is 0 Å². The van der Waals surface area contributed by atoms with E-state index in [0.717, 1.165) is 19.3 Å². The highest BCUT2D eigenvalue weighted by Crippen LogP contribution is 2.34. The van der Waals surface area contributed by atoms with Crippen molar-refractivity contribution in [3.05, 3.63) is 0 Å². The SMILES string of the molecule is CC(C)(C)OC(=O)NC1(CCO)CCC1. The minimum atomic E-state index is -0.464. The van der Waals surface area contributed by atoms with Crippen molar-refractivity contribution in [3.63, 3.8) is 0 Å². The van der Waals surface area contributed by atoms with Gasteiger partial charge in [-0.1, -0.05) is 0 Å². The summed E-state index contributed by atoms with van der Waals surface area (Å²) in [7, 11) is 0. The lowest BCUT2D eigenvalue weighted by atomic mass is 9.75. The highest BCUT2D eigenvalue weighted by Gasteiger charge is 2.38. The zero-order valence-corrected chi connectivity index (χ0v) is 9.80. The predicted octanol–water partition coefficient (Wildman–Crippen LogP) is 1.82. The zero-order chi connectivity index (χ0) is 11.5. The Balaban J connectivity index is 2.42. The van der Waals surface area contributed by atoms with Crippen LogP contribution in [-0.2, 0) is 4.74 Å². The maximum absolute atomic E-state index is 11.5. The molecule has 1 aliphatic rings. The fraction of sp³-hybridized carbons (Fsp3) is 0.909. The summed E-state index contributed by atoms with van der Waals surface area (Å²) < 4.78 is 5.18. The van der Waals surface area contributed by atoms with Crippen LogP contribution in [0.3, 0.4) is 0 Å². The van der Waals surface area contributed by atoms with Crippen molar-refractivity contribution < 1.29 is 14.6 Å². The second kappa shape index (κ2) is 4.39. The van der Waals surface area contributed by atoms with Crippen LogP contribution in [0.25, 0.3) is 0 Å². The number of aliphatic hydroxyl groups is 1. The summed E-state index contributed by atoms with van der Waals surface area (Å²) in [6, 6.07) is 0. The molecule has 1 fully saturated rings. The van der Waals surface area contributed by atoms with Gasteiger partial charge in [0.2, 0.25) is 0 Å². The van der Waals surface area contributed by atoms with Crippen LogP contribution < -0.4 is 5.32 Å². The van der Waals surface area contributed by atoms with Gasteiger partial charge in [-0.05, 0) is 46.5 Å². The van der Waals surface area contributed by atoms with E-state index in [1.54, 1.807) is 0 Å². The smallest absolute Gasteiger partial charge is 0.408 e. The van der Waals surface area contributed by atoms with Crippen LogP contribution in [0.5, 0.6) is 0 Å². The Labute approximate surface area is 91.0 Å². The maximum Gasteiger partial charge on any atom is 0.408 e. The summed E-state index contributed by atoms with van der Waals surface area (Å²) >= 11 is 0. The molecule has 0 bridgehead atoms. The van der Waals surface area contributed by atoms with E-state index in [9.17, 15) is 4.79 Å². The summed E-state index contributed by atoms with van der Waals surface area (Å²) in [5.74, 6) is 0. The quantitative estimate of drug-likeness (QED) is 0.755. The monoisotopic (exact) mass is 215 g/mol. The first-order valence-corrected chi connectivity index (χ1v) is 5.49. The van der Waals surface area contributed by atoms with Gasteiger partial charge in [-0.15, -0.1) is 0 Å². The highest BCUT2D eigenvalue weighted by molar-refractivity contribution is 5.69. The Bertz CT molecular complexity index is 228. The number of carbonyl (C=O) groups is 1. The van der Waals surface area contributed by atoms with Crippen LogP contribution >= 0.6 is 0 Å². The Morgan fingerprint density at radius 2 is 2.07 bits per heavy atom. The van der Waals surface area contributed by atoms with E-state index in [2.05, 4.69) is 5.32 Å². The van der Waals surface area contributed by atoms with E-state index in [4.69, 9.17) is 9.84 Å². The largest absolute Gasteiger partial charge is 0.444 e. The number of amides is 1. The zero-order valence-electron chi connectivity index (χ0n) is 9.80. The van der Waals surface area contributed by atoms with E-state index in [-0.39, 0.29) is 18.2 Å². The molecule has 4 nitrogen and oxygen atoms in total. The number of aliphatic hydroxyl groups excluding tert-OH is 1. The van der Waals surface area contributed by atoms with Gasteiger partial charge in [0.25, 0.3) is 0 Å². The number of hydrogen-bond donors (Lipinski definition) is 2. The van der Waals surface area contributed by atoms with Gasteiger partial charge < -0.3 is 15.2 Å². The van der Waals surface area contributed by atoms with Crippen molar-refractivity contribution in [1.29, 1.82) is 0 Å². The molecule has 15 heavy (non-hydrogen) atoms. The van der Waals surface area contributed by atoms with Crippen LogP contribution in [-0.4, -0.2) is 28.9 Å². The topological polar surface area (TPSA) is 58.6 Å². The van der Waals surface area contributed by atoms with Crippen LogP contribution in [0.2, 0.25) is 0 Å². The first-order chi connectivity index (χ1) is 6.87. The third-order valence-electron chi connectivity index (χ3n) is 2.67. The summed E-state index contributed by atoms with van der Waals surface area (Å²) in [5.41, 5.74) is -0.675. The Kier molecular flexibility index (Phi) is 3.60. The second-order valence-corrected chi connectivity index (χ2v) is 5.23. The first-order valence-electron chi connectivity index (χ1n) is 5.49. The van der Waals surface area contributed by atoms with Crippen molar-refractivity contribution in [2.24, 2.45) is 0 Å². The van der Waals surface area contributed by atoms with Crippen molar-refractivity contribution >= 4 is 6.09 Å². The van der Waals surface area contributed by atoms with E-state index in [0.29, 0.717) is 6.42 Å². The summed E-state index contributed by atoms with van der Waals surface area (Å²) in [4.78, 5) is 11.5. The molecule has 0 spiro atoms. The fourth-order valence-electron chi connectivity index (χ4n) is 1.78. The first kappa shape index (κ1) is 12.3. The predicted molar refractivity (Wildman–Crippen MR) is 57.7 cm³/mol. The number of alkyl carbamates (subject to hydrolysis) is 1. The molecular weight excluding hydrogens is 194 g/mol. The molecule has 1 amide bonds. The lowest BCUT2D eigenvalue weighted by Crippen LogP contribution is -2.55. The number of rotatable bonds is 3. The molecule has 0 aromatic carbocycles. The molecule has 88 valence electrons. The van der Waals surface area contributed by atoms with Crippen LogP contribution in [0.15, 0.2) is 0 Å². The Morgan fingerprint density at radius 3 is 2.40 bits per heavy atom. The summed E-state index contributed by atoms with van der Waals surface area (Å²) in [6.45, 7) is 5.63. The molecule has 0 unspecified atom stereocenters. The van der Waals surface area contributed by atoms with Crippen molar-refractivity contribution in [1.82, 2.24) is 5.32 Å². The van der Waals surface area contributed by atoms with Crippen molar-refractivity contribution in [3.8, 4) is 0 Å². The molecular formula is C11H21NO3. The van der Waals surface area contributed by atoms with E-state index < -0.39 is 5.60 Å². The molecule has 0 saturated heterocycles. The Hall–Kier alpha value is -0.770. The number of carbonyl (C=O) groups excluding carboxylic acids is 1. The molecule has 1 rings (SSSR count). The minimum absolute atomic E-state index is 0.107. The van der Waals surface area contributed by atoms with Crippen molar-refractivity contribution in [2.75, 3.05) is 6.61 Å². The fourth-order valence-corrected chi connectivity index (χ4v) is 1.78. The van der Waals surface area contributed by atoms with Gasteiger partial charge in [0.05, 0.1) is 0 Å². The van der Waals surface area contributed by atoms with E-state index in [1.807, 2.05) is 20.8 Å². The molecule has 1 saturated carbocycles. The van der Waals surface area contributed by atoms with Crippen LogP contribution in [0.1, 0.15) is 46.5 Å². The van der Waals surface area contributed by atoms with Gasteiger partial charge in [0.1, 0.15) is 5.60 Å². The molecule has 0 aromatic rings. The lowest BCUT2D eigenvalue weighted by molar-refractivity contribution is 0.0345. The highest BCUT2D eigenvalue weighted by atomic mass is 16.6. The molecule has 1 aliphatic carbocycles. The number of nitrogens with one attached hydrogen (secondary N) is 1. The summed E-state index contributed by atoms with van der Waals surface area (Å²) in [6.07, 6.45) is 3.22.